The van der Waals surface area contributed by atoms with Gasteiger partial charge in [0.25, 0.3) is 5.91 Å². The smallest absolute Gasteiger partial charge is 0.262 e. The fraction of sp³-hybridized carbons (Fsp3) is 0.360. The first kappa shape index (κ1) is 23.9. The predicted molar refractivity (Wildman–Crippen MR) is 133 cm³/mol. The number of hydrogen-bond acceptors (Lipinski definition) is 7. The molecule has 0 spiro atoms. The van der Waals surface area contributed by atoms with Crippen LogP contribution in [0.5, 0.6) is 17.2 Å². The first-order valence-corrected chi connectivity index (χ1v) is 11.7. The molecule has 1 saturated heterocycles. The molecule has 1 N–H and O–H groups in total. The van der Waals surface area contributed by atoms with Crippen molar-refractivity contribution >= 4 is 39.8 Å². The molecule has 1 amide bonds. The monoisotopic (exact) mass is 485 g/mol. The number of amides is 1. The second-order valence-electron chi connectivity index (χ2n) is 7.56. The standard InChI is InChI=1S/C25H28ClN3O5/c1-3-32-22-15-20(29-10-12-31-13-11-29)23(33-4-2)14-19(22)28-24(30)16-34-21-8-7-18(26)17-6-5-9-27-25(17)21/h5-9,14-15H,3-4,10-13,16H2,1-2H3,(H,28,30). The van der Waals surface area contributed by atoms with Gasteiger partial charge in [-0.25, -0.2) is 0 Å². The van der Waals surface area contributed by atoms with Crippen LogP contribution in [0, 0.1) is 0 Å². The van der Waals surface area contributed by atoms with Crippen LogP contribution in [-0.4, -0.2) is 57.0 Å². The molecular formula is C25H28ClN3O5. The highest BCUT2D eigenvalue weighted by Crippen LogP contribution is 2.39. The highest BCUT2D eigenvalue weighted by Gasteiger charge is 2.20. The van der Waals surface area contributed by atoms with E-state index in [1.807, 2.05) is 26.0 Å². The zero-order valence-electron chi connectivity index (χ0n) is 19.3. The Hall–Kier alpha value is -3.23. The lowest BCUT2D eigenvalue weighted by atomic mass is 10.2. The number of carbonyl (C=O) groups is 1. The quantitative estimate of drug-likeness (QED) is 0.476. The van der Waals surface area contributed by atoms with Crippen LogP contribution in [-0.2, 0) is 9.53 Å². The normalized spacial score (nSPS) is 13.6. The first-order chi connectivity index (χ1) is 16.6. The zero-order valence-corrected chi connectivity index (χ0v) is 20.1. The number of benzene rings is 2. The molecule has 34 heavy (non-hydrogen) atoms. The van der Waals surface area contributed by atoms with E-state index in [0.29, 0.717) is 59.9 Å². The van der Waals surface area contributed by atoms with Crippen molar-refractivity contribution in [1.29, 1.82) is 0 Å². The van der Waals surface area contributed by atoms with E-state index in [1.54, 1.807) is 30.5 Å². The number of halogens is 1. The molecule has 2 heterocycles. The van der Waals surface area contributed by atoms with Crippen LogP contribution < -0.4 is 24.4 Å². The minimum atomic E-state index is -0.332. The number of morpholine rings is 1. The first-order valence-electron chi connectivity index (χ1n) is 11.3. The van der Waals surface area contributed by atoms with Crippen LogP contribution in [0.4, 0.5) is 11.4 Å². The Bertz CT molecular complexity index is 1150. The second kappa shape index (κ2) is 11.3. The van der Waals surface area contributed by atoms with Gasteiger partial charge in [0.2, 0.25) is 0 Å². The van der Waals surface area contributed by atoms with Crippen LogP contribution >= 0.6 is 11.6 Å². The molecule has 4 rings (SSSR count). The predicted octanol–water partition coefficient (Wildman–Crippen LogP) is 4.54. The lowest BCUT2D eigenvalue weighted by Gasteiger charge is -2.31. The number of hydrogen-bond donors (Lipinski definition) is 1. The zero-order chi connectivity index (χ0) is 23.9. The highest BCUT2D eigenvalue weighted by atomic mass is 35.5. The van der Waals surface area contributed by atoms with Crippen LogP contribution in [0.25, 0.3) is 10.9 Å². The van der Waals surface area contributed by atoms with Crippen molar-refractivity contribution in [3.05, 3.63) is 47.6 Å². The summed E-state index contributed by atoms with van der Waals surface area (Å²) in [6.07, 6.45) is 1.66. The number of anilines is 2. The molecule has 0 unspecified atom stereocenters. The molecule has 2 aromatic carbocycles. The van der Waals surface area contributed by atoms with Gasteiger partial charge in [0.05, 0.1) is 42.8 Å². The third-order valence-electron chi connectivity index (χ3n) is 5.32. The van der Waals surface area contributed by atoms with Gasteiger partial charge in [-0.1, -0.05) is 11.6 Å². The van der Waals surface area contributed by atoms with Crippen molar-refractivity contribution < 1.29 is 23.7 Å². The van der Waals surface area contributed by atoms with Gasteiger partial charge in [-0.3, -0.25) is 9.78 Å². The summed E-state index contributed by atoms with van der Waals surface area (Å²) in [5.74, 6) is 1.40. The minimum absolute atomic E-state index is 0.200. The number of aromatic nitrogens is 1. The van der Waals surface area contributed by atoms with Crippen molar-refractivity contribution in [3.8, 4) is 17.2 Å². The Morgan fingerprint density at radius 1 is 1.06 bits per heavy atom. The average molecular weight is 486 g/mol. The molecule has 0 atom stereocenters. The summed E-state index contributed by atoms with van der Waals surface area (Å²) in [7, 11) is 0. The topological polar surface area (TPSA) is 82.2 Å². The molecule has 0 aliphatic carbocycles. The Kier molecular flexibility index (Phi) is 7.92. The molecule has 9 heteroatoms. The lowest BCUT2D eigenvalue weighted by molar-refractivity contribution is -0.118. The Balaban J connectivity index is 1.53. The van der Waals surface area contributed by atoms with Gasteiger partial charge in [0, 0.05) is 36.8 Å². The molecule has 1 aliphatic heterocycles. The summed E-state index contributed by atoms with van der Waals surface area (Å²) in [6.45, 7) is 7.40. The number of ether oxygens (including phenoxy) is 4. The minimum Gasteiger partial charge on any atom is -0.492 e. The molecule has 0 bridgehead atoms. The fourth-order valence-corrected chi connectivity index (χ4v) is 4.02. The molecule has 180 valence electrons. The van der Waals surface area contributed by atoms with E-state index in [2.05, 4.69) is 15.2 Å². The molecule has 1 aromatic heterocycles. The van der Waals surface area contributed by atoms with Crippen molar-refractivity contribution in [1.82, 2.24) is 4.98 Å². The Morgan fingerprint density at radius 2 is 1.82 bits per heavy atom. The summed E-state index contributed by atoms with van der Waals surface area (Å²) in [4.78, 5) is 19.3. The van der Waals surface area contributed by atoms with Gasteiger partial charge in [-0.05, 0) is 38.1 Å². The summed E-state index contributed by atoms with van der Waals surface area (Å²) < 4.78 is 23.0. The number of nitrogens with one attached hydrogen (secondary N) is 1. The third kappa shape index (κ3) is 5.46. The van der Waals surface area contributed by atoms with E-state index in [1.165, 1.54) is 0 Å². The van der Waals surface area contributed by atoms with Crippen molar-refractivity contribution in [2.75, 3.05) is 56.3 Å². The summed E-state index contributed by atoms with van der Waals surface area (Å²) in [5.41, 5.74) is 2.04. The largest absolute Gasteiger partial charge is 0.492 e. The molecule has 0 radical (unpaired) electrons. The van der Waals surface area contributed by atoms with E-state index in [-0.39, 0.29) is 12.5 Å². The van der Waals surface area contributed by atoms with Gasteiger partial charge in [0.1, 0.15) is 22.8 Å². The van der Waals surface area contributed by atoms with E-state index >= 15 is 0 Å². The SMILES string of the molecule is CCOc1cc(N2CCOCC2)c(OCC)cc1NC(=O)COc1ccc(Cl)c2cccnc12. The second-order valence-corrected chi connectivity index (χ2v) is 7.97. The highest BCUT2D eigenvalue weighted by molar-refractivity contribution is 6.35. The van der Waals surface area contributed by atoms with Gasteiger partial charge in [0.15, 0.2) is 6.61 Å². The maximum atomic E-state index is 12.8. The van der Waals surface area contributed by atoms with Crippen LogP contribution in [0.2, 0.25) is 5.02 Å². The van der Waals surface area contributed by atoms with E-state index in [0.717, 1.165) is 24.2 Å². The van der Waals surface area contributed by atoms with Crippen LogP contribution in [0.1, 0.15) is 13.8 Å². The van der Waals surface area contributed by atoms with Gasteiger partial charge >= 0.3 is 0 Å². The number of fused-ring (bicyclic) bond motifs is 1. The number of rotatable bonds is 9. The number of nitrogens with zero attached hydrogens (tertiary/aromatic N) is 2. The van der Waals surface area contributed by atoms with E-state index in [4.69, 9.17) is 30.5 Å². The maximum absolute atomic E-state index is 12.8. The number of carbonyl (C=O) groups excluding carboxylic acids is 1. The number of pyridine rings is 1. The van der Waals surface area contributed by atoms with Crippen molar-refractivity contribution in [3.63, 3.8) is 0 Å². The molecule has 1 aliphatic rings. The summed E-state index contributed by atoms with van der Waals surface area (Å²) in [6, 6.07) is 10.8. The fourth-order valence-electron chi connectivity index (χ4n) is 3.80. The van der Waals surface area contributed by atoms with Crippen LogP contribution in [0.15, 0.2) is 42.6 Å². The van der Waals surface area contributed by atoms with Crippen molar-refractivity contribution in [2.24, 2.45) is 0 Å². The van der Waals surface area contributed by atoms with Gasteiger partial charge < -0.3 is 29.2 Å². The molecule has 8 nitrogen and oxygen atoms in total. The average Bonchev–Trinajstić information content (AvgIpc) is 2.86. The third-order valence-corrected chi connectivity index (χ3v) is 5.65. The molecule has 0 saturated carbocycles. The van der Waals surface area contributed by atoms with Gasteiger partial charge in [-0.2, -0.15) is 0 Å². The Labute approximate surface area is 203 Å². The maximum Gasteiger partial charge on any atom is 0.262 e. The molecule has 1 fully saturated rings. The van der Waals surface area contributed by atoms with E-state index < -0.39 is 0 Å². The van der Waals surface area contributed by atoms with Crippen LogP contribution in [0.3, 0.4) is 0 Å². The summed E-state index contributed by atoms with van der Waals surface area (Å²) in [5, 5.41) is 4.23. The lowest BCUT2D eigenvalue weighted by Crippen LogP contribution is -2.36. The Morgan fingerprint density at radius 3 is 2.59 bits per heavy atom. The molecular weight excluding hydrogens is 458 g/mol. The summed E-state index contributed by atoms with van der Waals surface area (Å²) >= 11 is 6.24. The van der Waals surface area contributed by atoms with Gasteiger partial charge in [-0.15, -0.1) is 0 Å². The molecule has 3 aromatic rings. The van der Waals surface area contributed by atoms with Crippen molar-refractivity contribution in [2.45, 2.75) is 13.8 Å². The van der Waals surface area contributed by atoms with E-state index in [9.17, 15) is 4.79 Å².